The molecule has 0 atom stereocenters. The Morgan fingerprint density at radius 3 is 2.67 bits per heavy atom. The number of thioether (sulfide) groups is 1. The lowest BCUT2D eigenvalue weighted by atomic mass is 10.2. The second kappa shape index (κ2) is 6.15. The summed E-state index contributed by atoms with van der Waals surface area (Å²) < 4.78 is 0. The zero-order valence-electron chi connectivity index (χ0n) is 13.8. The third-order valence-corrected chi connectivity index (χ3v) is 6.23. The molecule has 4 rings (SSSR count). The monoisotopic (exact) mass is 351 g/mol. The predicted octanol–water partition coefficient (Wildman–Crippen LogP) is 5.46. The summed E-state index contributed by atoms with van der Waals surface area (Å²) in [7, 11) is 0. The highest BCUT2D eigenvalue weighted by molar-refractivity contribution is 7.98. The fraction of sp³-hybridized carbons (Fsp3) is 0.211. The summed E-state index contributed by atoms with van der Waals surface area (Å²) >= 11 is 3.50. The zero-order valence-corrected chi connectivity index (χ0v) is 15.5. The molecule has 0 saturated carbocycles. The molecule has 5 heteroatoms. The number of aromatic nitrogens is 3. The molecule has 0 bridgehead atoms. The fourth-order valence-corrected chi connectivity index (χ4v) is 4.93. The zero-order chi connectivity index (χ0) is 16.7. The second-order valence-corrected chi connectivity index (χ2v) is 7.99. The van der Waals surface area contributed by atoms with Gasteiger partial charge in [-0.1, -0.05) is 36.0 Å². The van der Waals surface area contributed by atoms with E-state index < -0.39 is 0 Å². The molecule has 0 aliphatic rings. The molecule has 4 aromatic rings. The Bertz CT molecular complexity index is 1050. The van der Waals surface area contributed by atoms with Crippen molar-refractivity contribution in [2.75, 3.05) is 0 Å². The number of hydrogen-bond donors (Lipinski definition) is 0. The van der Waals surface area contributed by atoms with Crippen molar-refractivity contribution in [3.8, 4) is 0 Å². The molecule has 0 radical (unpaired) electrons. The van der Waals surface area contributed by atoms with Gasteiger partial charge in [-0.05, 0) is 38.5 Å². The lowest BCUT2D eigenvalue weighted by Gasteiger charge is -2.06. The maximum Gasteiger partial charge on any atom is 0.128 e. The van der Waals surface area contributed by atoms with E-state index in [1.807, 2.05) is 19.1 Å². The van der Waals surface area contributed by atoms with Gasteiger partial charge in [-0.15, -0.1) is 11.3 Å². The van der Waals surface area contributed by atoms with Gasteiger partial charge in [-0.3, -0.25) is 4.98 Å². The molecule has 0 unspecified atom stereocenters. The Kier molecular flexibility index (Phi) is 3.98. The Labute approximate surface area is 149 Å². The Morgan fingerprint density at radius 2 is 1.79 bits per heavy atom. The highest BCUT2D eigenvalue weighted by Gasteiger charge is 2.14. The smallest absolute Gasteiger partial charge is 0.128 e. The average Bonchev–Trinajstić information content (AvgIpc) is 2.86. The molecule has 1 aromatic carbocycles. The summed E-state index contributed by atoms with van der Waals surface area (Å²) in [6, 6.07) is 12.5. The molecule has 120 valence electrons. The molecule has 0 N–H and O–H groups in total. The van der Waals surface area contributed by atoms with Crippen LogP contribution in [0.5, 0.6) is 0 Å². The first kappa shape index (κ1) is 15.5. The number of benzene rings is 1. The number of thiophene rings is 1. The number of fused-ring (bicyclic) bond motifs is 2. The SMILES string of the molecule is Cc1nc(SCc2ccc3ccccc3n2)c2c(C)c(C)sc2n1. The molecule has 0 spiro atoms. The Balaban J connectivity index is 1.68. The third-order valence-electron chi connectivity index (χ3n) is 4.12. The minimum Gasteiger partial charge on any atom is -0.252 e. The first-order chi connectivity index (χ1) is 11.6. The fourth-order valence-electron chi connectivity index (χ4n) is 2.75. The van der Waals surface area contributed by atoms with Crippen LogP contribution < -0.4 is 0 Å². The summed E-state index contributed by atoms with van der Waals surface area (Å²) in [4.78, 5) is 16.4. The van der Waals surface area contributed by atoms with Gasteiger partial charge in [0, 0.05) is 21.4 Å². The highest BCUT2D eigenvalue weighted by atomic mass is 32.2. The van der Waals surface area contributed by atoms with Gasteiger partial charge >= 0.3 is 0 Å². The van der Waals surface area contributed by atoms with Crippen molar-refractivity contribution in [2.45, 2.75) is 31.6 Å². The number of nitrogens with zero attached hydrogens (tertiary/aromatic N) is 3. The topological polar surface area (TPSA) is 38.7 Å². The van der Waals surface area contributed by atoms with E-state index in [1.165, 1.54) is 21.2 Å². The van der Waals surface area contributed by atoms with Gasteiger partial charge < -0.3 is 0 Å². The van der Waals surface area contributed by atoms with Crippen LogP contribution in [0.25, 0.3) is 21.1 Å². The van der Waals surface area contributed by atoms with Crippen LogP contribution in [0.3, 0.4) is 0 Å². The third kappa shape index (κ3) is 2.78. The van der Waals surface area contributed by atoms with E-state index in [2.05, 4.69) is 48.1 Å². The number of para-hydroxylation sites is 1. The van der Waals surface area contributed by atoms with Crippen LogP contribution in [0.4, 0.5) is 0 Å². The van der Waals surface area contributed by atoms with Crippen molar-refractivity contribution in [3.63, 3.8) is 0 Å². The van der Waals surface area contributed by atoms with Crippen LogP contribution >= 0.6 is 23.1 Å². The molecule has 0 aliphatic heterocycles. The summed E-state index contributed by atoms with van der Waals surface area (Å²) in [5, 5.41) is 3.44. The average molecular weight is 352 g/mol. The van der Waals surface area contributed by atoms with Gasteiger partial charge in [-0.25, -0.2) is 9.97 Å². The van der Waals surface area contributed by atoms with E-state index >= 15 is 0 Å². The number of aryl methyl sites for hydroxylation is 3. The predicted molar refractivity (Wildman–Crippen MR) is 103 cm³/mol. The molecular weight excluding hydrogens is 334 g/mol. The molecule has 0 aliphatic carbocycles. The molecular formula is C19H17N3S2. The van der Waals surface area contributed by atoms with Crippen molar-refractivity contribution >= 4 is 44.2 Å². The standard InChI is InChI=1S/C19H17N3S2/c1-11-12(2)24-19-17(11)18(20-13(3)21-19)23-10-15-9-8-14-6-4-5-7-16(14)22-15/h4-9H,10H2,1-3H3. The van der Waals surface area contributed by atoms with E-state index in [-0.39, 0.29) is 0 Å². The van der Waals surface area contributed by atoms with Crippen molar-refractivity contribution in [3.05, 3.63) is 58.4 Å². The molecule has 0 fully saturated rings. The number of pyridine rings is 1. The maximum absolute atomic E-state index is 4.76. The van der Waals surface area contributed by atoms with Gasteiger partial charge in [0.05, 0.1) is 11.2 Å². The maximum atomic E-state index is 4.76. The van der Waals surface area contributed by atoms with Crippen molar-refractivity contribution in [1.82, 2.24) is 15.0 Å². The normalized spacial score (nSPS) is 11.5. The van der Waals surface area contributed by atoms with Crippen molar-refractivity contribution in [2.24, 2.45) is 0 Å². The first-order valence-corrected chi connectivity index (χ1v) is 9.64. The van der Waals surface area contributed by atoms with Crippen molar-refractivity contribution in [1.29, 1.82) is 0 Å². The van der Waals surface area contributed by atoms with Crippen LogP contribution in [0.2, 0.25) is 0 Å². The lowest BCUT2D eigenvalue weighted by molar-refractivity contribution is 1.01. The first-order valence-electron chi connectivity index (χ1n) is 7.83. The van der Waals surface area contributed by atoms with Crippen LogP contribution in [-0.2, 0) is 5.75 Å². The van der Waals surface area contributed by atoms with Gasteiger partial charge in [0.2, 0.25) is 0 Å². The largest absolute Gasteiger partial charge is 0.252 e. The lowest BCUT2D eigenvalue weighted by Crippen LogP contribution is -1.93. The van der Waals surface area contributed by atoms with E-state index in [4.69, 9.17) is 4.98 Å². The quantitative estimate of drug-likeness (QED) is 0.363. The van der Waals surface area contributed by atoms with Gasteiger partial charge in [0.15, 0.2) is 0 Å². The van der Waals surface area contributed by atoms with Gasteiger partial charge in [0.1, 0.15) is 15.7 Å². The summed E-state index contributed by atoms with van der Waals surface area (Å²) in [6.45, 7) is 6.27. The second-order valence-electron chi connectivity index (χ2n) is 5.82. The minimum absolute atomic E-state index is 0.810. The van der Waals surface area contributed by atoms with E-state index in [0.717, 1.165) is 32.6 Å². The van der Waals surface area contributed by atoms with Crippen LogP contribution in [0.15, 0.2) is 41.4 Å². The molecule has 24 heavy (non-hydrogen) atoms. The van der Waals surface area contributed by atoms with Crippen LogP contribution in [-0.4, -0.2) is 15.0 Å². The number of rotatable bonds is 3. The van der Waals surface area contributed by atoms with E-state index in [0.29, 0.717) is 0 Å². The Morgan fingerprint density at radius 1 is 0.958 bits per heavy atom. The van der Waals surface area contributed by atoms with E-state index in [9.17, 15) is 0 Å². The molecule has 0 saturated heterocycles. The number of hydrogen-bond acceptors (Lipinski definition) is 5. The Hall–Kier alpha value is -1.98. The molecule has 3 heterocycles. The van der Waals surface area contributed by atoms with Gasteiger partial charge in [-0.2, -0.15) is 0 Å². The summed E-state index contributed by atoms with van der Waals surface area (Å²) in [5.74, 6) is 1.64. The highest BCUT2D eigenvalue weighted by Crippen LogP contribution is 2.36. The molecule has 3 aromatic heterocycles. The van der Waals surface area contributed by atoms with Gasteiger partial charge in [0.25, 0.3) is 0 Å². The minimum atomic E-state index is 0.810. The van der Waals surface area contributed by atoms with Crippen molar-refractivity contribution < 1.29 is 0 Å². The van der Waals surface area contributed by atoms with Crippen LogP contribution in [0.1, 0.15) is 22.0 Å². The summed E-state index contributed by atoms with van der Waals surface area (Å²) in [5.41, 5.74) is 3.42. The van der Waals surface area contributed by atoms with E-state index in [1.54, 1.807) is 23.1 Å². The summed E-state index contributed by atoms with van der Waals surface area (Å²) in [6.07, 6.45) is 0. The van der Waals surface area contributed by atoms with Crippen LogP contribution in [0, 0.1) is 20.8 Å². The molecule has 3 nitrogen and oxygen atoms in total. The molecule has 0 amide bonds.